The van der Waals surface area contributed by atoms with Gasteiger partial charge in [0, 0.05) is 0 Å². The van der Waals surface area contributed by atoms with E-state index >= 15 is 0 Å². The molecule has 0 fully saturated rings. The number of aromatic nitrogens is 1. The van der Waals surface area contributed by atoms with Gasteiger partial charge in [-0.05, 0) is 24.6 Å². The SMILES string of the molecule is Cc1nc(N)sc1-c1cccc(C(F)(F)F)c1. The third kappa shape index (κ3) is 2.41. The van der Waals surface area contributed by atoms with Gasteiger partial charge < -0.3 is 5.73 Å². The van der Waals surface area contributed by atoms with Crippen LogP contribution in [0.15, 0.2) is 24.3 Å². The second-order valence-electron chi connectivity index (χ2n) is 3.55. The Kier molecular flexibility index (Phi) is 2.82. The van der Waals surface area contributed by atoms with E-state index in [9.17, 15) is 13.2 Å². The number of benzene rings is 1. The summed E-state index contributed by atoms with van der Waals surface area (Å²) < 4.78 is 37.7. The van der Waals surface area contributed by atoms with E-state index < -0.39 is 11.7 Å². The molecule has 1 heterocycles. The Morgan fingerprint density at radius 2 is 2.00 bits per heavy atom. The fourth-order valence-corrected chi connectivity index (χ4v) is 2.35. The van der Waals surface area contributed by atoms with Gasteiger partial charge >= 0.3 is 6.18 Å². The van der Waals surface area contributed by atoms with Crippen molar-refractivity contribution in [2.45, 2.75) is 13.1 Å². The topological polar surface area (TPSA) is 38.9 Å². The van der Waals surface area contributed by atoms with Gasteiger partial charge in [-0.2, -0.15) is 13.2 Å². The van der Waals surface area contributed by atoms with Crippen LogP contribution >= 0.6 is 11.3 Å². The van der Waals surface area contributed by atoms with Crippen LogP contribution in [-0.4, -0.2) is 4.98 Å². The molecule has 0 aliphatic rings. The highest BCUT2D eigenvalue weighted by Gasteiger charge is 2.30. The molecular weight excluding hydrogens is 249 g/mol. The number of rotatable bonds is 1. The number of nitrogens with two attached hydrogens (primary N) is 1. The number of nitrogens with zero attached hydrogens (tertiary/aromatic N) is 1. The third-order valence-electron chi connectivity index (χ3n) is 2.27. The van der Waals surface area contributed by atoms with Gasteiger partial charge in [0.1, 0.15) is 0 Å². The third-order valence-corrected chi connectivity index (χ3v) is 3.30. The van der Waals surface area contributed by atoms with Gasteiger partial charge in [-0.1, -0.05) is 23.5 Å². The molecule has 1 aromatic heterocycles. The van der Waals surface area contributed by atoms with E-state index in [-0.39, 0.29) is 0 Å². The smallest absolute Gasteiger partial charge is 0.375 e. The van der Waals surface area contributed by atoms with Crippen LogP contribution in [0, 0.1) is 6.92 Å². The zero-order valence-corrected chi connectivity index (χ0v) is 9.69. The molecule has 0 bridgehead atoms. The molecule has 0 spiro atoms. The molecule has 17 heavy (non-hydrogen) atoms. The zero-order valence-electron chi connectivity index (χ0n) is 8.88. The minimum Gasteiger partial charge on any atom is -0.375 e. The van der Waals surface area contributed by atoms with Crippen molar-refractivity contribution in [3.05, 3.63) is 35.5 Å². The first-order valence-electron chi connectivity index (χ1n) is 4.78. The molecule has 0 radical (unpaired) electrons. The van der Waals surface area contributed by atoms with Crippen LogP contribution in [0.3, 0.4) is 0 Å². The van der Waals surface area contributed by atoms with Gasteiger partial charge in [0.05, 0.1) is 16.1 Å². The Bertz CT molecular complexity index is 546. The van der Waals surface area contributed by atoms with Crippen LogP contribution in [0.25, 0.3) is 10.4 Å². The highest BCUT2D eigenvalue weighted by Crippen LogP contribution is 2.35. The monoisotopic (exact) mass is 258 g/mol. The molecule has 2 rings (SSSR count). The lowest BCUT2D eigenvalue weighted by atomic mass is 10.1. The lowest BCUT2D eigenvalue weighted by Gasteiger charge is -2.07. The standard InChI is InChI=1S/C11H9F3N2S/c1-6-9(17-10(15)16-6)7-3-2-4-8(5-7)11(12,13)14/h2-5H,1H3,(H2,15,16). The van der Waals surface area contributed by atoms with E-state index in [2.05, 4.69) is 4.98 Å². The van der Waals surface area contributed by atoms with Crippen LogP contribution in [0.2, 0.25) is 0 Å². The second kappa shape index (κ2) is 4.03. The number of hydrogen-bond donors (Lipinski definition) is 1. The summed E-state index contributed by atoms with van der Waals surface area (Å²) in [6, 6.07) is 5.16. The summed E-state index contributed by atoms with van der Waals surface area (Å²) in [6.07, 6.45) is -4.33. The zero-order chi connectivity index (χ0) is 12.6. The minimum atomic E-state index is -4.33. The molecule has 0 amide bonds. The average Bonchev–Trinajstić information content (AvgIpc) is 2.57. The fourth-order valence-electron chi connectivity index (χ4n) is 1.52. The molecule has 0 unspecified atom stereocenters. The van der Waals surface area contributed by atoms with E-state index in [1.54, 1.807) is 13.0 Å². The van der Waals surface area contributed by atoms with Crippen molar-refractivity contribution in [1.29, 1.82) is 0 Å². The molecule has 0 aliphatic heterocycles. The molecule has 90 valence electrons. The van der Waals surface area contributed by atoms with Crippen molar-refractivity contribution >= 4 is 16.5 Å². The first-order valence-corrected chi connectivity index (χ1v) is 5.60. The van der Waals surface area contributed by atoms with Crippen LogP contribution in [0.4, 0.5) is 18.3 Å². The first-order chi connectivity index (χ1) is 7.88. The maximum absolute atomic E-state index is 12.6. The molecule has 2 nitrogen and oxygen atoms in total. The van der Waals surface area contributed by atoms with E-state index in [4.69, 9.17) is 5.73 Å². The number of hydrogen-bond acceptors (Lipinski definition) is 3. The number of thiazole rings is 1. The van der Waals surface area contributed by atoms with Crippen molar-refractivity contribution in [2.75, 3.05) is 5.73 Å². The Morgan fingerprint density at radius 3 is 2.53 bits per heavy atom. The molecule has 2 aromatic rings. The predicted molar refractivity (Wildman–Crippen MR) is 61.7 cm³/mol. The van der Waals surface area contributed by atoms with Crippen molar-refractivity contribution in [3.8, 4) is 10.4 Å². The highest BCUT2D eigenvalue weighted by molar-refractivity contribution is 7.18. The second-order valence-corrected chi connectivity index (χ2v) is 4.58. The van der Waals surface area contributed by atoms with Crippen LogP contribution in [-0.2, 0) is 6.18 Å². The number of anilines is 1. The summed E-state index contributed by atoms with van der Waals surface area (Å²) in [4.78, 5) is 4.67. The maximum atomic E-state index is 12.6. The lowest BCUT2D eigenvalue weighted by Crippen LogP contribution is -2.04. The van der Waals surface area contributed by atoms with Crippen LogP contribution in [0.5, 0.6) is 0 Å². The number of alkyl halides is 3. The van der Waals surface area contributed by atoms with Gasteiger partial charge in [0.2, 0.25) is 0 Å². The van der Waals surface area contributed by atoms with Crippen molar-refractivity contribution < 1.29 is 13.2 Å². The number of aryl methyl sites for hydroxylation is 1. The molecule has 0 aliphatic carbocycles. The van der Waals surface area contributed by atoms with Gasteiger partial charge in [0.25, 0.3) is 0 Å². The predicted octanol–water partition coefficient (Wildman–Crippen LogP) is 3.72. The Morgan fingerprint density at radius 1 is 1.29 bits per heavy atom. The normalized spacial score (nSPS) is 11.8. The molecule has 6 heteroatoms. The van der Waals surface area contributed by atoms with Gasteiger partial charge in [-0.3, -0.25) is 0 Å². The average molecular weight is 258 g/mol. The van der Waals surface area contributed by atoms with Gasteiger partial charge in [0.15, 0.2) is 5.13 Å². The van der Waals surface area contributed by atoms with E-state index in [0.717, 1.165) is 12.1 Å². The summed E-state index contributed by atoms with van der Waals surface area (Å²) in [6.45, 7) is 1.72. The summed E-state index contributed by atoms with van der Waals surface area (Å²) in [5, 5.41) is 0.356. The van der Waals surface area contributed by atoms with E-state index in [1.807, 2.05) is 0 Å². The largest absolute Gasteiger partial charge is 0.416 e. The van der Waals surface area contributed by atoms with Crippen molar-refractivity contribution in [3.63, 3.8) is 0 Å². The van der Waals surface area contributed by atoms with Crippen LogP contribution < -0.4 is 5.73 Å². The van der Waals surface area contributed by atoms with Crippen molar-refractivity contribution in [1.82, 2.24) is 4.98 Å². The summed E-state index contributed by atoms with van der Waals surface area (Å²) in [5.41, 5.74) is 6.00. The Hall–Kier alpha value is -1.56. The van der Waals surface area contributed by atoms with Crippen LogP contribution in [0.1, 0.15) is 11.3 Å². The fraction of sp³-hybridized carbons (Fsp3) is 0.182. The Balaban J connectivity index is 2.50. The van der Waals surface area contributed by atoms with Crippen molar-refractivity contribution in [2.24, 2.45) is 0 Å². The number of halogens is 3. The van der Waals surface area contributed by atoms with E-state index in [0.29, 0.717) is 21.3 Å². The van der Waals surface area contributed by atoms with E-state index in [1.165, 1.54) is 17.4 Å². The lowest BCUT2D eigenvalue weighted by molar-refractivity contribution is -0.137. The minimum absolute atomic E-state index is 0.356. The van der Waals surface area contributed by atoms with Gasteiger partial charge in [-0.15, -0.1) is 0 Å². The highest BCUT2D eigenvalue weighted by atomic mass is 32.1. The molecule has 0 saturated heterocycles. The molecule has 0 atom stereocenters. The Labute approximate surface area is 99.9 Å². The number of nitrogen functional groups attached to an aromatic ring is 1. The molecule has 2 N–H and O–H groups in total. The maximum Gasteiger partial charge on any atom is 0.416 e. The summed E-state index contributed by atoms with van der Waals surface area (Å²) in [7, 11) is 0. The van der Waals surface area contributed by atoms with Gasteiger partial charge in [-0.25, -0.2) is 4.98 Å². The molecular formula is C11H9F3N2S. The summed E-state index contributed by atoms with van der Waals surface area (Å²) >= 11 is 1.19. The summed E-state index contributed by atoms with van der Waals surface area (Å²) in [5.74, 6) is 0. The molecule has 0 saturated carbocycles. The molecule has 1 aromatic carbocycles. The first kappa shape index (κ1) is 11.9. The quantitative estimate of drug-likeness (QED) is 0.846.